The Labute approximate surface area is 159 Å². The Morgan fingerprint density at radius 3 is 2.39 bits per heavy atom. The summed E-state index contributed by atoms with van der Waals surface area (Å²) in [7, 11) is 0. The van der Waals surface area contributed by atoms with Gasteiger partial charge in [0.25, 0.3) is 5.91 Å². The summed E-state index contributed by atoms with van der Waals surface area (Å²) < 4.78 is 0. The number of aromatic nitrogens is 1. The summed E-state index contributed by atoms with van der Waals surface area (Å²) in [5, 5.41) is 27.3. The fraction of sp³-hybridized carbons (Fsp3) is 0.0526. The quantitative estimate of drug-likeness (QED) is 0.460. The summed E-state index contributed by atoms with van der Waals surface area (Å²) in [6.45, 7) is -0.598. The number of nitrogens with zero attached hydrogens (tertiary/aromatic N) is 1. The highest BCUT2D eigenvalue weighted by Crippen LogP contribution is 2.29. The van der Waals surface area contributed by atoms with Crippen LogP contribution in [0.25, 0.3) is 10.8 Å². The van der Waals surface area contributed by atoms with Crippen LogP contribution in [0.5, 0.6) is 5.75 Å². The van der Waals surface area contributed by atoms with Crippen LogP contribution in [0.1, 0.15) is 10.5 Å². The number of amides is 3. The second-order valence-electron chi connectivity index (χ2n) is 5.78. The first-order valence-electron chi connectivity index (χ1n) is 8.19. The van der Waals surface area contributed by atoms with Gasteiger partial charge in [0.05, 0.1) is 0 Å². The van der Waals surface area contributed by atoms with Crippen LogP contribution in [0.4, 0.5) is 16.2 Å². The zero-order valence-electron chi connectivity index (χ0n) is 14.5. The smallest absolute Gasteiger partial charge is 0.323 e. The van der Waals surface area contributed by atoms with Crippen molar-refractivity contribution in [2.24, 2.45) is 0 Å². The number of carboxylic acids is 1. The van der Waals surface area contributed by atoms with E-state index >= 15 is 0 Å². The number of rotatable bonds is 5. The molecule has 28 heavy (non-hydrogen) atoms. The fourth-order valence-corrected chi connectivity index (χ4v) is 2.50. The minimum Gasteiger partial charge on any atom is -0.505 e. The number of aliphatic carboxylic acids is 1. The number of benzene rings is 2. The molecular formula is C19H16N4O5. The lowest BCUT2D eigenvalue weighted by Crippen LogP contribution is -2.29. The van der Waals surface area contributed by atoms with Crippen LogP contribution in [0, 0.1) is 0 Å². The highest BCUT2D eigenvalue weighted by atomic mass is 16.4. The number of hydrogen-bond acceptors (Lipinski definition) is 5. The normalized spacial score (nSPS) is 10.3. The monoisotopic (exact) mass is 380 g/mol. The summed E-state index contributed by atoms with van der Waals surface area (Å²) in [6.07, 6.45) is 1.37. The minimum atomic E-state index is -1.22. The van der Waals surface area contributed by atoms with Crippen molar-refractivity contribution in [3.05, 3.63) is 60.4 Å². The molecule has 1 heterocycles. The summed E-state index contributed by atoms with van der Waals surface area (Å²) in [5.74, 6) is -2.45. The van der Waals surface area contributed by atoms with Crippen molar-refractivity contribution in [1.29, 1.82) is 0 Å². The van der Waals surface area contributed by atoms with Crippen LogP contribution in [-0.4, -0.2) is 39.6 Å². The predicted molar refractivity (Wildman–Crippen MR) is 102 cm³/mol. The van der Waals surface area contributed by atoms with E-state index in [1.807, 2.05) is 6.07 Å². The summed E-state index contributed by atoms with van der Waals surface area (Å²) in [5.41, 5.74) is 0.698. The maximum Gasteiger partial charge on any atom is 0.323 e. The third kappa shape index (κ3) is 4.33. The molecule has 0 radical (unpaired) electrons. The van der Waals surface area contributed by atoms with Crippen LogP contribution in [-0.2, 0) is 4.79 Å². The number of carboxylic acid groups (broad SMARTS) is 1. The van der Waals surface area contributed by atoms with Gasteiger partial charge in [-0.05, 0) is 24.3 Å². The Balaban J connectivity index is 1.81. The van der Waals surface area contributed by atoms with E-state index in [2.05, 4.69) is 20.9 Å². The topological polar surface area (TPSA) is 141 Å². The van der Waals surface area contributed by atoms with Gasteiger partial charge in [-0.1, -0.05) is 24.3 Å². The van der Waals surface area contributed by atoms with Crippen molar-refractivity contribution in [2.75, 3.05) is 17.2 Å². The second kappa shape index (κ2) is 8.04. The van der Waals surface area contributed by atoms with Gasteiger partial charge in [-0.3, -0.25) is 9.59 Å². The zero-order chi connectivity index (χ0) is 20.1. The van der Waals surface area contributed by atoms with Gasteiger partial charge in [-0.25, -0.2) is 9.78 Å². The van der Waals surface area contributed by atoms with Gasteiger partial charge < -0.3 is 26.2 Å². The van der Waals surface area contributed by atoms with Gasteiger partial charge in [-0.2, -0.15) is 0 Å². The largest absolute Gasteiger partial charge is 0.505 e. The number of carbonyl (C=O) groups is 3. The molecule has 0 bridgehead atoms. The standard InChI is InChI=1S/C19H16N4O5/c24-15(25)10-21-18(27)16-17(26)14-8-13(7-6-11(14)9-20-16)23-19(28)22-12-4-2-1-3-5-12/h1-9,26H,10H2,(H,21,27)(H,24,25)(H2,22,23,28). The zero-order valence-corrected chi connectivity index (χ0v) is 14.5. The number of carbonyl (C=O) groups excluding carboxylic acids is 2. The number of urea groups is 1. The third-order valence-corrected chi connectivity index (χ3v) is 3.77. The lowest BCUT2D eigenvalue weighted by molar-refractivity contribution is -0.135. The molecule has 0 saturated heterocycles. The van der Waals surface area contributed by atoms with Gasteiger partial charge in [0.15, 0.2) is 11.4 Å². The predicted octanol–water partition coefficient (Wildman–Crippen LogP) is 2.40. The number of fused-ring (bicyclic) bond motifs is 1. The second-order valence-corrected chi connectivity index (χ2v) is 5.78. The first-order valence-corrected chi connectivity index (χ1v) is 8.19. The SMILES string of the molecule is O=C(O)CNC(=O)c1ncc2ccc(NC(=O)Nc3ccccc3)cc2c1O. The molecule has 0 aliphatic rings. The van der Waals surface area contributed by atoms with Gasteiger partial charge in [0.1, 0.15) is 6.54 Å². The van der Waals surface area contributed by atoms with Crippen molar-refractivity contribution in [2.45, 2.75) is 0 Å². The van der Waals surface area contributed by atoms with Crippen LogP contribution < -0.4 is 16.0 Å². The van der Waals surface area contributed by atoms with Gasteiger partial charge in [-0.15, -0.1) is 0 Å². The van der Waals surface area contributed by atoms with Gasteiger partial charge in [0, 0.05) is 28.3 Å². The molecule has 3 rings (SSSR count). The first-order chi connectivity index (χ1) is 13.4. The number of anilines is 2. The lowest BCUT2D eigenvalue weighted by atomic mass is 10.1. The van der Waals surface area contributed by atoms with Gasteiger partial charge >= 0.3 is 12.0 Å². The fourth-order valence-electron chi connectivity index (χ4n) is 2.50. The van der Waals surface area contributed by atoms with E-state index in [-0.39, 0.29) is 11.1 Å². The van der Waals surface area contributed by atoms with Crippen molar-refractivity contribution in [3.8, 4) is 5.75 Å². The molecule has 0 spiro atoms. The van der Waals surface area contributed by atoms with E-state index in [1.54, 1.807) is 36.4 Å². The van der Waals surface area contributed by atoms with Crippen molar-refractivity contribution < 1.29 is 24.6 Å². The van der Waals surface area contributed by atoms with E-state index in [0.29, 0.717) is 16.8 Å². The maximum absolute atomic E-state index is 12.1. The minimum absolute atomic E-state index is 0.285. The van der Waals surface area contributed by atoms with Crippen LogP contribution in [0.3, 0.4) is 0 Å². The van der Waals surface area contributed by atoms with Crippen molar-refractivity contribution in [3.63, 3.8) is 0 Å². The van der Waals surface area contributed by atoms with E-state index < -0.39 is 30.2 Å². The number of aromatic hydroxyl groups is 1. The summed E-state index contributed by atoms with van der Waals surface area (Å²) in [6, 6.07) is 13.1. The summed E-state index contributed by atoms with van der Waals surface area (Å²) >= 11 is 0. The molecule has 0 fully saturated rings. The van der Waals surface area contributed by atoms with Crippen molar-refractivity contribution >= 4 is 40.1 Å². The Morgan fingerprint density at radius 1 is 0.964 bits per heavy atom. The maximum atomic E-state index is 12.1. The molecule has 3 amide bonds. The molecule has 0 saturated carbocycles. The van der Waals surface area contributed by atoms with E-state index in [4.69, 9.17) is 5.11 Å². The van der Waals surface area contributed by atoms with Crippen LogP contribution in [0.2, 0.25) is 0 Å². The number of pyridine rings is 1. The summed E-state index contributed by atoms with van der Waals surface area (Å²) in [4.78, 5) is 38.6. The molecule has 0 atom stereocenters. The molecule has 2 aromatic carbocycles. The Kier molecular flexibility index (Phi) is 5.35. The number of para-hydroxylation sites is 1. The van der Waals surface area contributed by atoms with Crippen LogP contribution in [0.15, 0.2) is 54.7 Å². The molecule has 3 aromatic rings. The molecule has 0 aliphatic heterocycles. The van der Waals surface area contributed by atoms with Crippen LogP contribution >= 0.6 is 0 Å². The third-order valence-electron chi connectivity index (χ3n) is 3.77. The Morgan fingerprint density at radius 2 is 1.68 bits per heavy atom. The molecule has 142 valence electrons. The van der Waals surface area contributed by atoms with Crippen molar-refractivity contribution in [1.82, 2.24) is 10.3 Å². The van der Waals surface area contributed by atoms with E-state index in [9.17, 15) is 19.5 Å². The van der Waals surface area contributed by atoms with E-state index in [1.165, 1.54) is 12.3 Å². The average molecular weight is 380 g/mol. The first kappa shape index (κ1) is 18.6. The molecule has 0 aliphatic carbocycles. The van der Waals surface area contributed by atoms with E-state index in [0.717, 1.165) is 0 Å². The number of nitrogens with one attached hydrogen (secondary N) is 3. The highest BCUT2D eigenvalue weighted by molar-refractivity contribution is 6.05. The molecule has 0 unspecified atom stereocenters. The Bertz CT molecular complexity index is 1050. The Hall–Kier alpha value is -4.14. The molecule has 9 nitrogen and oxygen atoms in total. The molecule has 1 aromatic heterocycles. The average Bonchev–Trinajstić information content (AvgIpc) is 2.67. The number of hydrogen-bond donors (Lipinski definition) is 5. The highest BCUT2D eigenvalue weighted by Gasteiger charge is 2.17. The molecule has 9 heteroatoms. The van der Waals surface area contributed by atoms with Gasteiger partial charge in [0.2, 0.25) is 0 Å². The molecular weight excluding hydrogens is 364 g/mol. The lowest BCUT2D eigenvalue weighted by Gasteiger charge is -2.10. The molecule has 5 N–H and O–H groups in total.